The quantitative estimate of drug-likeness (QED) is 0.423. The summed E-state index contributed by atoms with van der Waals surface area (Å²) in [6.45, 7) is 5.69. The molecule has 2 aromatic carbocycles. The molecule has 0 saturated heterocycles. The lowest BCUT2D eigenvalue weighted by Gasteiger charge is -2.19. The Morgan fingerprint density at radius 3 is 2.72 bits per heavy atom. The van der Waals surface area contributed by atoms with Crippen molar-refractivity contribution in [1.82, 2.24) is 19.7 Å². The van der Waals surface area contributed by atoms with E-state index in [1.807, 2.05) is 37.5 Å². The number of nitrogens with zero attached hydrogens (tertiary/aromatic N) is 4. The van der Waals surface area contributed by atoms with Crippen LogP contribution < -0.4 is 5.32 Å². The average Bonchev–Trinajstić information content (AvgIpc) is 3.32. The predicted octanol–water partition coefficient (Wildman–Crippen LogP) is 5.28. The second-order valence-electron chi connectivity index (χ2n) is 9.84. The van der Waals surface area contributed by atoms with E-state index in [0.717, 1.165) is 27.6 Å². The molecule has 184 valence electrons. The number of hydrogen-bond acceptors (Lipinski definition) is 5. The first-order chi connectivity index (χ1) is 17.1. The number of anilines is 1. The molecule has 0 bridgehead atoms. The maximum Gasteiger partial charge on any atom is 0.413 e. The molecule has 0 saturated carbocycles. The molecule has 0 fully saturated rings. The minimum atomic E-state index is -0.655. The highest BCUT2D eigenvalue weighted by Gasteiger charge is 2.30. The van der Waals surface area contributed by atoms with Crippen molar-refractivity contribution in [2.24, 2.45) is 7.05 Å². The van der Waals surface area contributed by atoms with Gasteiger partial charge in [0.2, 0.25) is 0 Å². The Balaban J connectivity index is 1.32. The van der Waals surface area contributed by atoms with E-state index in [0.29, 0.717) is 12.1 Å². The lowest BCUT2D eigenvalue weighted by Crippen LogP contribution is -2.27. The first kappa shape index (κ1) is 23.5. The van der Waals surface area contributed by atoms with Crippen LogP contribution in [0.25, 0.3) is 22.0 Å². The van der Waals surface area contributed by atoms with Crippen molar-refractivity contribution in [2.75, 3.05) is 5.32 Å². The monoisotopic (exact) mass is 487 g/mol. The number of amides is 2. The summed E-state index contributed by atoms with van der Waals surface area (Å²) < 4.78 is 22.1. The van der Waals surface area contributed by atoms with Gasteiger partial charge in [0.1, 0.15) is 22.9 Å². The zero-order valence-corrected chi connectivity index (χ0v) is 20.5. The van der Waals surface area contributed by atoms with E-state index >= 15 is 4.39 Å². The van der Waals surface area contributed by atoms with Gasteiger partial charge in [0.15, 0.2) is 0 Å². The first-order valence-electron chi connectivity index (χ1n) is 11.6. The van der Waals surface area contributed by atoms with Gasteiger partial charge in [-0.25, -0.2) is 14.2 Å². The molecule has 8 nitrogen and oxygen atoms in total. The van der Waals surface area contributed by atoms with Crippen LogP contribution >= 0.6 is 0 Å². The minimum Gasteiger partial charge on any atom is -0.444 e. The van der Waals surface area contributed by atoms with Crippen LogP contribution in [-0.2, 0) is 24.9 Å². The summed E-state index contributed by atoms with van der Waals surface area (Å²) >= 11 is 0. The molecule has 36 heavy (non-hydrogen) atoms. The van der Waals surface area contributed by atoms with Crippen LogP contribution in [-0.4, -0.2) is 37.3 Å². The van der Waals surface area contributed by atoms with Crippen LogP contribution in [0.2, 0.25) is 0 Å². The molecule has 0 spiro atoms. The Morgan fingerprint density at radius 2 is 1.97 bits per heavy atom. The van der Waals surface area contributed by atoms with Gasteiger partial charge < -0.3 is 9.64 Å². The molecule has 3 heterocycles. The SMILES string of the molecule is Cn1cc2c(-c3ccc(CN4Cc5ccc(NC(=O)OC(C)(C)C)nc5C4=O)c(F)c3)cccc2n1. The molecule has 9 heteroatoms. The summed E-state index contributed by atoms with van der Waals surface area (Å²) in [6, 6.07) is 14.2. The van der Waals surface area contributed by atoms with E-state index in [1.54, 1.807) is 43.7 Å². The summed E-state index contributed by atoms with van der Waals surface area (Å²) in [4.78, 5) is 30.9. The highest BCUT2D eigenvalue weighted by Crippen LogP contribution is 2.31. The van der Waals surface area contributed by atoms with Crippen LogP contribution in [0.15, 0.2) is 54.7 Å². The summed E-state index contributed by atoms with van der Waals surface area (Å²) in [5, 5.41) is 7.91. The van der Waals surface area contributed by atoms with Crippen LogP contribution in [0.5, 0.6) is 0 Å². The van der Waals surface area contributed by atoms with E-state index in [-0.39, 0.29) is 24.0 Å². The summed E-state index contributed by atoms with van der Waals surface area (Å²) in [6.07, 6.45) is 1.26. The largest absolute Gasteiger partial charge is 0.444 e. The number of benzene rings is 2. The maximum atomic E-state index is 15.2. The third kappa shape index (κ3) is 4.64. The van der Waals surface area contributed by atoms with E-state index in [4.69, 9.17) is 4.74 Å². The van der Waals surface area contributed by atoms with Crippen molar-refractivity contribution in [1.29, 1.82) is 0 Å². The van der Waals surface area contributed by atoms with Crippen LogP contribution in [0.4, 0.5) is 15.0 Å². The summed E-state index contributed by atoms with van der Waals surface area (Å²) in [7, 11) is 1.85. The number of fused-ring (bicyclic) bond motifs is 2. The summed E-state index contributed by atoms with van der Waals surface area (Å²) in [5.41, 5.74) is 3.19. The standard InChI is InChI=1S/C27H26FN5O3/c1-27(2,3)36-26(35)30-23-11-10-18-14-33(25(34)24(18)29-23)13-17-9-8-16(12-21(17)28)19-6-5-7-22-20(19)15-32(4)31-22/h5-12,15H,13-14H2,1-4H3,(H,29,30,35). The first-order valence-corrected chi connectivity index (χ1v) is 11.6. The van der Waals surface area contributed by atoms with E-state index in [9.17, 15) is 9.59 Å². The highest BCUT2D eigenvalue weighted by atomic mass is 19.1. The molecule has 2 aromatic heterocycles. The predicted molar refractivity (Wildman–Crippen MR) is 134 cm³/mol. The average molecular weight is 488 g/mol. The fourth-order valence-electron chi connectivity index (χ4n) is 4.30. The lowest BCUT2D eigenvalue weighted by molar-refractivity contribution is 0.0634. The van der Waals surface area contributed by atoms with Crippen molar-refractivity contribution in [3.8, 4) is 11.1 Å². The van der Waals surface area contributed by atoms with Gasteiger partial charge in [-0.15, -0.1) is 0 Å². The molecule has 5 rings (SSSR count). The number of pyridine rings is 1. The zero-order valence-electron chi connectivity index (χ0n) is 20.5. The van der Waals surface area contributed by atoms with Gasteiger partial charge in [0.25, 0.3) is 5.91 Å². The number of hydrogen-bond donors (Lipinski definition) is 1. The Hall–Kier alpha value is -4.27. The molecule has 0 radical (unpaired) electrons. The minimum absolute atomic E-state index is 0.104. The highest BCUT2D eigenvalue weighted by molar-refractivity contribution is 5.97. The maximum absolute atomic E-state index is 15.2. The Kier molecular flexibility index (Phi) is 5.70. The van der Waals surface area contributed by atoms with Crippen molar-refractivity contribution >= 4 is 28.7 Å². The van der Waals surface area contributed by atoms with Crippen molar-refractivity contribution < 1.29 is 18.7 Å². The van der Waals surface area contributed by atoms with Gasteiger partial charge in [-0.2, -0.15) is 5.10 Å². The lowest BCUT2D eigenvalue weighted by atomic mass is 10.00. The fourth-order valence-corrected chi connectivity index (χ4v) is 4.30. The zero-order chi connectivity index (χ0) is 25.6. The van der Waals surface area contributed by atoms with Gasteiger partial charge in [0, 0.05) is 42.8 Å². The molecular weight excluding hydrogens is 461 g/mol. The molecular formula is C27H26FN5O3. The molecule has 4 aromatic rings. The number of ether oxygens (including phenoxy) is 1. The molecule has 2 amide bonds. The van der Waals surface area contributed by atoms with E-state index < -0.39 is 17.5 Å². The molecule has 0 atom stereocenters. The Morgan fingerprint density at radius 1 is 1.17 bits per heavy atom. The van der Waals surface area contributed by atoms with Gasteiger partial charge in [0.05, 0.1) is 5.52 Å². The number of nitrogens with one attached hydrogen (secondary N) is 1. The van der Waals surface area contributed by atoms with E-state index in [1.165, 1.54) is 11.0 Å². The van der Waals surface area contributed by atoms with Gasteiger partial charge >= 0.3 is 6.09 Å². The van der Waals surface area contributed by atoms with Gasteiger partial charge in [-0.1, -0.05) is 30.3 Å². The number of aromatic nitrogens is 3. The molecule has 1 N–H and O–H groups in total. The van der Waals surface area contributed by atoms with Crippen molar-refractivity contribution in [2.45, 2.75) is 39.5 Å². The topological polar surface area (TPSA) is 89.4 Å². The third-order valence-corrected chi connectivity index (χ3v) is 5.85. The molecule has 0 aliphatic carbocycles. The smallest absolute Gasteiger partial charge is 0.413 e. The number of aryl methyl sites for hydroxylation is 1. The Labute approximate surface area is 207 Å². The van der Waals surface area contributed by atoms with E-state index in [2.05, 4.69) is 15.4 Å². The fraction of sp³-hybridized carbons (Fsp3) is 0.259. The van der Waals surface area contributed by atoms with Crippen LogP contribution in [0.1, 0.15) is 42.4 Å². The molecule has 1 aliphatic rings. The number of rotatable bonds is 4. The third-order valence-electron chi connectivity index (χ3n) is 5.85. The second-order valence-corrected chi connectivity index (χ2v) is 9.84. The van der Waals surface area contributed by atoms with Crippen LogP contribution in [0, 0.1) is 5.82 Å². The number of carbonyl (C=O) groups excluding carboxylic acids is 2. The van der Waals surface area contributed by atoms with Gasteiger partial charge in [-0.3, -0.25) is 14.8 Å². The van der Waals surface area contributed by atoms with Crippen molar-refractivity contribution in [3.05, 3.63) is 77.4 Å². The normalized spacial score (nSPS) is 13.2. The number of carbonyl (C=O) groups is 2. The molecule has 0 unspecified atom stereocenters. The van der Waals surface area contributed by atoms with Gasteiger partial charge in [-0.05, 0) is 50.1 Å². The van der Waals surface area contributed by atoms with Crippen LogP contribution in [0.3, 0.4) is 0 Å². The second kappa shape index (κ2) is 8.75. The van der Waals surface area contributed by atoms with Crippen molar-refractivity contribution in [3.63, 3.8) is 0 Å². The number of halogens is 1. The Bertz CT molecular complexity index is 1510. The summed E-state index contributed by atoms with van der Waals surface area (Å²) in [5.74, 6) is -0.489. The molecule has 1 aliphatic heterocycles.